The Morgan fingerprint density at radius 3 is 2.15 bits per heavy atom. The average Bonchev–Trinajstić information content (AvgIpc) is 3.52. The zero-order valence-electron chi connectivity index (χ0n) is 27.6. The molecule has 3 aromatic rings. The fraction of sp³-hybridized carbons (Fsp3) is 0.514. The quantitative estimate of drug-likeness (QED) is 0.324. The lowest BCUT2D eigenvalue weighted by Crippen LogP contribution is -2.67. The minimum atomic E-state index is -1.74. The molecule has 2 atom stereocenters. The third-order valence-electron chi connectivity index (χ3n) is 9.77. The van der Waals surface area contributed by atoms with E-state index in [9.17, 15) is 14.4 Å². The lowest BCUT2D eigenvalue weighted by atomic mass is 9.77. The van der Waals surface area contributed by atoms with E-state index in [2.05, 4.69) is 9.88 Å². The minimum absolute atomic E-state index is 0.0759. The molecular formula is C35H47N5O6. The minimum Gasteiger partial charge on any atom is -0.493 e. The number of imide groups is 1. The van der Waals surface area contributed by atoms with Crippen LogP contribution in [0.3, 0.4) is 0 Å². The number of H-pyrrole nitrogens is 1. The summed E-state index contributed by atoms with van der Waals surface area (Å²) in [5.74, 6) is -0.136. The molecule has 0 spiro atoms. The summed E-state index contributed by atoms with van der Waals surface area (Å²) in [7, 11) is 4.53. The number of amides is 2. The molecule has 0 bridgehead atoms. The number of Topliss-reactive ketones (excluding diaryl/α,β-unsaturated/α-hetero) is 1. The summed E-state index contributed by atoms with van der Waals surface area (Å²) in [6.45, 7) is 6.03. The Hall–Kier alpha value is -3.93. The van der Waals surface area contributed by atoms with Gasteiger partial charge in [0.05, 0.1) is 27.9 Å². The first-order valence-electron chi connectivity index (χ1n) is 16.1. The maximum atomic E-state index is 14.9. The van der Waals surface area contributed by atoms with Crippen LogP contribution in [0, 0.1) is 0 Å². The molecule has 3 N–H and O–H groups in total. The molecule has 2 fully saturated rings. The second-order valence-electron chi connectivity index (χ2n) is 12.4. The lowest BCUT2D eigenvalue weighted by Gasteiger charge is -2.47. The van der Waals surface area contributed by atoms with Gasteiger partial charge >= 0.3 is 0 Å². The second-order valence-corrected chi connectivity index (χ2v) is 12.4. The number of nitrogens with two attached hydrogens (primary N) is 1. The number of ketones is 1. The average molecular weight is 634 g/mol. The summed E-state index contributed by atoms with van der Waals surface area (Å²) in [6, 6.07) is 10.3. The van der Waals surface area contributed by atoms with Crippen molar-refractivity contribution >= 4 is 28.5 Å². The van der Waals surface area contributed by atoms with Crippen LogP contribution in [0.1, 0.15) is 57.1 Å². The number of carbonyl (C=O) groups excluding carboxylic acids is 3. The molecule has 1 aromatic heterocycles. The van der Waals surface area contributed by atoms with Gasteiger partial charge in [0.2, 0.25) is 17.6 Å². The zero-order valence-corrected chi connectivity index (χ0v) is 27.6. The van der Waals surface area contributed by atoms with Crippen molar-refractivity contribution in [2.24, 2.45) is 5.73 Å². The Morgan fingerprint density at radius 2 is 1.59 bits per heavy atom. The fourth-order valence-electron chi connectivity index (χ4n) is 7.28. The van der Waals surface area contributed by atoms with Crippen molar-refractivity contribution in [3.63, 3.8) is 0 Å². The van der Waals surface area contributed by atoms with E-state index in [0.29, 0.717) is 47.5 Å². The monoisotopic (exact) mass is 633 g/mol. The van der Waals surface area contributed by atoms with Crippen LogP contribution in [0.4, 0.5) is 0 Å². The summed E-state index contributed by atoms with van der Waals surface area (Å²) in [6.07, 6.45) is 7.08. The number of para-hydroxylation sites is 1. The van der Waals surface area contributed by atoms with Gasteiger partial charge in [-0.3, -0.25) is 24.2 Å². The van der Waals surface area contributed by atoms with Crippen molar-refractivity contribution in [1.29, 1.82) is 0 Å². The molecule has 3 heterocycles. The van der Waals surface area contributed by atoms with Crippen LogP contribution in [0.5, 0.6) is 17.2 Å². The van der Waals surface area contributed by atoms with Crippen LogP contribution in [0.25, 0.3) is 10.9 Å². The molecule has 2 aliphatic heterocycles. The molecule has 248 valence electrons. The van der Waals surface area contributed by atoms with Crippen LogP contribution in [-0.2, 0) is 26.5 Å². The van der Waals surface area contributed by atoms with E-state index in [4.69, 9.17) is 19.9 Å². The Bertz CT molecular complexity index is 1530. The zero-order chi connectivity index (χ0) is 33.0. The van der Waals surface area contributed by atoms with E-state index in [1.165, 1.54) is 59.3 Å². The highest BCUT2D eigenvalue weighted by Gasteiger charge is 2.52. The summed E-state index contributed by atoms with van der Waals surface area (Å²) in [5, 5.41) is 0.764. The van der Waals surface area contributed by atoms with E-state index in [1.54, 1.807) is 18.3 Å². The third-order valence-corrected chi connectivity index (χ3v) is 9.77. The summed E-state index contributed by atoms with van der Waals surface area (Å²) < 4.78 is 16.5. The van der Waals surface area contributed by atoms with Gasteiger partial charge in [-0.25, -0.2) is 0 Å². The number of nitrogens with one attached hydrogen (secondary N) is 1. The smallest absolute Gasteiger partial charge is 0.249 e. The molecule has 2 amide bonds. The summed E-state index contributed by atoms with van der Waals surface area (Å²) in [5.41, 5.74) is 7.45. The SMILES string of the molecule is COc1cc(CN(C(C)=O)C(=O)C(N2CCC(N3CCCCC3)CC2)C(N)(C(C)=O)c2c[nH]c3ccccc23)cc(OC)c1OC. The van der Waals surface area contributed by atoms with Gasteiger partial charge in [-0.1, -0.05) is 24.6 Å². The number of likely N-dealkylation sites (tertiary alicyclic amines) is 2. The van der Waals surface area contributed by atoms with Crippen LogP contribution < -0.4 is 19.9 Å². The van der Waals surface area contributed by atoms with Gasteiger partial charge in [0, 0.05) is 48.7 Å². The van der Waals surface area contributed by atoms with E-state index >= 15 is 0 Å². The van der Waals surface area contributed by atoms with E-state index in [0.717, 1.165) is 36.8 Å². The molecule has 0 saturated carbocycles. The highest BCUT2D eigenvalue weighted by atomic mass is 16.5. The molecule has 2 saturated heterocycles. The number of carbonyl (C=O) groups is 3. The molecular weight excluding hydrogens is 586 g/mol. The molecule has 2 aliphatic rings. The largest absolute Gasteiger partial charge is 0.493 e. The molecule has 2 aromatic carbocycles. The van der Waals surface area contributed by atoms with Crippen molar-refractivity contribution in [3.05, 3.63) is 53.7 Å². The first-order chi connectivity index (χ1) is 22.1. The predicted octanol–water partition coefficient (Wildman–Crippen LogP) is 3.83. The van der Waals surface area contributed by atoms with Crippen molar-refractivity contribution in [3.8, 4) is 17.2 Å². The number of piperidine rings is 2. The first kappa shape index (κ1) is 33.4. The first-order valence-corrected chi connectivity index (χ1v) is 16.1. The Balaban J connectivity index is 1.56. The van der Waals surface area contributed by atoms with Crippen LogP contribution >= 0.6 is 0 Å². The summed E-state index contributed by atoms with van der Waals surface area (Å²) in [4.78, 5) is 51.1. The number of aromatic amines is 1. The van der Waals surface area contributed by atoms with E-state index in [1.807, 2.05) is 29.2 Å². The van der Waals surface area contributed by atoms with Crippen molar-refractivity contribution in [2.75, 3.05) is 47.5 Å². The summed E-state index contributed by atoms with van der Waals surface area (Å²) >= 11 is 0. The number of nitrogens with zero attached hydrogens (tertiary/aromatic N) is 3. The topological polar surface area (TPSA) is 130 Å². The number of methoxy groups -OCH3 is 3. The fourth-order valence-corrected chi connectivity index (χ4v) is 7.28. The van der Waals surface area contributed by atoms with Crippen molar-refractivity contribution in [2.45, 2.75) is 70.1 Å². The van der Waals surface area contributed by atoms with Gasteiger partial charge in [0.15, 0.2) is 17.3 Å². The highest BCUT2D eigenvalue weighted by Crippen LogP contribution is 2.40. The van der Waals surface area contributed by atoms with Crippen LogP contribution in [0.2, 0.25) is 0 Å². The highest BCUT2D eigenvalue weighted by molar-refractivity contribution is 6.04. The van der Waals surface area contributed by atoms with Gasteiger partial charge in [-0.05, 0) is 69.5 Å². The molecule has 0 aliphatic carbocycles. The van der Waals surface area contributed by atoms with Gasteiger partial charge < -0.3 is 29.8 Å². The third kappa shape index (κ3) is 6.36. The van der Waals surface area contributed by atoms with Gasteiger partial charge in [-0.2, -0.15) is 0 Å². The number of hydrogen-bond donors (Lipinski definition) is 2. The Kier molecular flexibility index (Phi) is 10.3. The number of ether oxygens (including phenoxy) is 3. The number of hydrogen-bond acceptors (Lipinski definition) is 9. The van der Waals surface area contributed by atoms with Gasteiger partial charge in [0.25, 0.3) is 0 Å². The second kappa shape index (κ2) is 14.2. The van der Waals surface area contributed by atoms with Crippen molar-refractivity contribution < 1.29 is 28.6 Å². The number of benzene rings is 2. The van der Waals surface area contributed by atoms with Crippen LogP contribution in [-0.4, -0.2) is 96.9 Å². The van der Waals surface area contributed by atoms with Crippen LogP contribution in [0.15, 0.2) is 42.6 Å². The Labute approximate surface area is 270 Å². The molecule has 11 heteroatoms. The number of rotatable bonds is 11. The van der Waals surface area contributed by atoms with Gasteiger partial charge in [0.1, 0.15) is 11.6 Å². The standard InChI is InChI=1S/C35H47N5O6/c1-23(41)35(36,28-21-37-29-12-8-7-11-27(28)29)33(39-17-13-26(14-18-39)38-15-9-6-10-16-38)34(43)40(24(2)42)22-25-19-30(44-3)32(46-5)31(20-25)45-4/h7-8,11-12,19-21,26,33,37H,6,9-10,13-18,22,36H2,1-5H3. The molecule has 11 nitrogen and oxygen atoms in total. The molecule has 5 rings (SSSR count). The van der Waals surface area contributed by atoms with E-state index in [-0.39, 0.29) is 12.3 Å². The maximum Gasteiger partial charge on any atom is 0.249 e. The molecule has 46 heavy (non-hydrogen) atoms. The maximum absolute atomic E-state index is 14.9. The van der Waals surface area contributed by atoms with Crippen molar-refractivity contribution in [1.82, 2.24) is 19.7 Å². The molecule has 0 radical (unpaired) electrons. The Morgan fingerprint density at radius 1 is 0.957 bits per heavy atom. The lowest BCUT2D eigenvalue weighted by molar-refractivity contribution is -0.153. The van der Waals surface area contributed by atoms with Gasteiger partial charge in [-0.15, -0.1) is 0 Å². The predicted molar refractivity (Wildman–Crippen MR) is 176 cm³/mol. The molecule has 2 unspecified atom stereocenters. The van der Waals surface area contributed by atoms with E-state index < -0.39 is 23.4 Å². The number of fused-ring (bicyclic) bond motifs is 1. The number of aromatic nitrogens is 1. The normalized spacial score (nSPS) is 18.5.